The van der Waals surface area contributed by atoms with Crippen molar-refractivity contribution in [3.63, 3.8) is 0 Å². The second-order valence-electron chi connectivity index (χ2n) is 6.90. The van der Waals surface area contributed by atoms with Crippen LogP contribution < -0.4 is 5.32 Å². The molecule has 0 fully saturated rings. The second kappa shape index (κ2) is 7.12. The molecule has 0 saturated carbocycles. The molecule has 3 rings (SSSR count). The SMILES string of the molecule is CC(=O)c1ccc(NC2=NS(=O)(=O)C(c3ccc(C(C)C)cc3)=C2C)cc1. The standard InChI is InChI=1S/C21H22N2O3S/c1-13(2)16-5-7-18(8-6-16)20-14(3)21(23-27(20,25)26)22-19-11-9-17(10-12-19)15(4)24/h5-13H,1-4H3,(H,22,23). The summed E-state index contributed by atoms with van der Waals surface area (Å²) in [6, 6.07) is 14.4. The zero-order chi connectivity index (χ0) is 19.8. The highest BCUT2D eigenvalue weighted by Crippen LogP contribution is 2.33. The molecular formula is C21H22N2O3S. The van der Waals surface area contributed by atoms with Crippen LogP contribution in [-0.2, 0) is 10.0 Å². The molecule has 1 aliphatic heterocycles. The fourth-order valence-electron chi connectivity index (χ4n) is 2.96. The van der Waals surface area contributed by atoms with Crippen LogP contribution in [0.1, 0.15) is 55.1 Å². The van der Waals surface area contributed by atoms with Gasteiger partial charge in [-0.05, 0) is 55.2 Å². The van der Waals surface area contributed by atoms with Gasteiger partial charge in [0.1, 0.15) is 10.7 Å². The largest absolute Gasteiger partial charge is 0.339 e. The van der Waals surface area contributed by atoms with Crippen molar-refractivity contribution in [1.82, 2.24) is 0 Å². The summed E-state index contributed by atoms with van der Waals surface area (Å²) < 4.78 is 29.1. The van der Waals surface area contributed by atoms with E-state index in [1.165, 1.54) is 6.92 Å². The maximum absolute atomic E-state index is 12.6. The zero-order valence-electron chi connectivity index (χ0n) is 15.8. The highest BCUT2D eigenvalue weighted by molar-refractivity contribution is 8.00. The Morgan fingerprint density at radius 2 is 1.59 bits per heavy atom. The number of carbonyl (C=O) groups is 1. The molecular weight excluding hydrogens is 360 g/mol. The summed E-state index contributed by atoms with van der Waals surface area (Å²) in [4.78, 5) is 11.6. The lowest BCUT2D eigenvalue weighted by atomic mass is 10.0. The second-order valence-corrected chi connectivity index (χ2v) is 8.45. The van der Waals surface area contributed by atoms with Gasteiger partial charge in [0.05, 0.1) is 0 Å². The summed E-state index contributed by atoms with van der Waals surface area (Å²) >= 11 is 0. The molecule has 2 aromatic rings. The van der Waals surface area contributed by atoms with E-state index in [0.29, 0.717) is 34.1 Å². The molecule has 0 spiro atoms. The van der Waals surface area contributed by atoms with E-state index >= 15 is 0 Å². The van der Waals surface area contributed by atoms with Crippen LogP contribution in [0, 0.1) is 0 Å². The smallest absolute Gasteiger partial charge is 0.285 e. The fraction of sp³-hybridized carbons (Fsp3) is 0.238. The first-order valence-electron chi connectivity index (χ1n) is 8.73. The van der Waals surface area contributed by atoms with Gasteiger partial charge in [-0.25, -0.2) is 0 Å². The van der Waals surface area contributed by atoms with E-state index in [1.807, 2.05) is 24.3 Å². The first kappa shape index (κ1) is 19.0. The van der Waals surface area contributed by atoms with Gasteiger partial charge < -0.3 is 5.32 Å². The summed E-state index contributed by atoms with van der Waals surface area (Å²) in [5, 5.41) is 3.04. The molecule has 0 bridgehead atoms. The topological polar surface area (TPSA) is 75.6 Å². The molecule has 0 radical (unpaired) electrons. The number of carbonyl (C=O) groups excluding carboxylic acids is 1. The minimum Gasteiger partial charge on any atom is -0.339 e. The lowest BCUT2D eigenvalue weighted by Gasteiger charge is -2.09. The van der Waals surface area contributed by atoms with E-state index in [4.69, 9.17) is 0 Å². The van der Waals surface area contributed by atoms with Gasteiger partial charge >= 0.3 is 0 Å². The molecule has 1 N–H and O–H groups in total. The Kier molecular flexibility index (Phi) is 5.02. The number of hydrogen-bond donors (Lipinski definition) is 1. The van der Waals surface area contributed by atoms with Crippen molar-refractivity contribution in [2.75, 3.05) is 5.32 Å². The average Bonchev–Trinajstić information content (AvgIpc) is 2.84. The van der Waals surface area contributed by atoms with Gasteiger partial charge in [0.25, 0.3) is 10.0 Å². The van der Waals surface area contributed by atoms with Crippen LogP contribution in [0.3, 0.4) is 0 Å². The van der Waals surface area contributed by atoms with Gasteiger partial charge in [-0.15, -0.1) is 4.40 Å². The van der Waals surface area contributed by atoms with Gasteiger partial charge in [-0.3, -0.25) is 4.79 Å². The predicted octanol–water partition coefficient (Wildman–Crippen LogP) is 4.60. The van der Waals surface area contributed by atoms with Crippen molar-refractivity contribution >= 4 is 32.2 Å². The first-order valence-corrected chi connectivity index (χ1v) is 10.2. The van der Waals surface area contributed by atoms with Crippen molar-refractivity contribution in [3.05, 3.63) is 70.8 Å². The molecule has 2 aromatic carbocycles. The van der Waals surface area contributed by atoms with Gasteiger partial charge in [-0.1, -0.05) is 38.1 Å². The maximum atomic E-state index is 12.6. The Morgan fingerprint density at radius 1 is 1.00 bits per heavy atom. The summed E-state index contributed by atoms with van der Waals surface area (Å²) in [5.74, 6) is 0.653. The molecule has 6 heteroatoms. The first-order chi connectivity index (χ1) is 12.7. The Labute approximate surface area is 159 Å². The molecule has 0 aromatic heterocycles. The van der Waals surface area contributed by atoms with Gasteiger partial charge in [0, 0.05) is 16.8 Å². The molecule has 0 amide bonds. The van der Waals surface area contributed by atoms with Gasteiger partial charge in [0.2, 0.25) is 0 Å². The quantitative estimate of drug-likeness (QED) is 0.784. The number of nitrogens with zero attached hydrogens (tertiary/aromatic N) is 1. The Bertz CT molecular complexity index is 1050. The Morgan fingerprint density at radius 3 is 2.11 bits per heavy atom. The third-order valence-electron chi connectivity index (χ3n) is 4.56. The molecule has 0 atom stereocenters. The summed E-state index contributed by atoms with van der Waals surface area (Å²) in [5.41, 5.74) is 3.62. The van der Waals surface area contributed by atoms with Crippen molar-refractivity contribution < 1.29 is 13.2 Å². The number of sulfonamides is 1. The average molecular weight is 382 g/mol. The molecule has 140 valence electrons. The van der Waals surface area contributed by atoms with Crippen LogP contribution in [0.25, 0.3) is 4.91 Å². The van der Waals surface area contributed by atoms with Gasteiger partial charge in [0.15, 0.2) is 5.78 Å². The molecule has 0 aliphatic carbocycles. The number of Topliss-reactive ketones (excluding diaryl/α,β-unsaturated/α-hetero) is 1. The predicted molar refractivity (Wildman–Crippen MR) is 110 cm³/mol. The number of rotatable bonds is 4. The van der Waals surface area contributed by atoms with Crippen molar-refractivity contribution in [3.8, 4) is 0 Å². The van der Waals surface area contributed by atoms with E-state index in [2.05, 4.69) is 23.6 Å². The number of anilines is 1. The monoisotopic (exact) mass is 382 g/mol. The number of ketones is 1. The van der Waals surface area contributed by atoms with Crippen LogP contribution in [0.4, 0.5) is 5.69 Å². The highest BCUT2D eigenvalue weighted by Gasteiger charge is 2.31. The maximum Gasteiger partial charge on any atom is 0.285 e. The van der Waals surface area contributed by atoms with Crippen molar-refractivity contribution in [2.45, 2.75) is 33.6 Å². The molecule has 5 nitrogen and oxygen atoms in total. The minimum atomic E-state index is -3.76. The molecule has 27 heavy (non-hydrogen) atoms. The van der Waals surface area contributed by atoms with E-state index in [9.17, 15) is 13.2 Å². The Balaban J connectivity index is 1.92. The normalized spacial score (nSPS) is 15.8. The molecule has 0 saturated heterocycles. The lowest BCUT2D eigenvalue weighted by Crippen LogP contribution is -2.11. The number of benzene rings is 2. The van der Waals surface area contributed by atoms with E-state index in [1.54, 1.807) is 31.2 Å². The highest BCUT2D eigenvalue weighted by atomic mass is 32.2. The van der Waals surface area contributed by atoms with E-state index in [-0.39, 0.29) is 10.7 Å². The summed E-state index contributed by atoms with van der Waals surface area (Å²) in [7, 11) is -3.76. The van der Waals surface area contributed by atoms with Crippen LogP contribution in [0.5, 0.6) is 0 Å². The fourth-order valence-corrected chi connectivity index (χ4v) is 4.39. The molecule has 1 aliphatic rings. The summed E-state index contributed by atoms with van der Waals surface area (Å²) in [6.07, 6.45) is 0. The minimum absolute atomic E-state index is 0.0226. The van der Waals surface area contributed by atoms with E-state index < -0.39 is 10.0 Å². The van der Waals surface area contributed by atoms with Crippen LogP contribution in [0.2, 0.25) is 0 Å². The molecule has 0 unspecified atom stereocenters. The number of hydrogen-bond acceptors (Lipinski definition) is 4. The Hall–Kier alpha value is -2.73. The van der Waals surface area contributed by atoms with Crippen LogP contribution in [0.15, 0.2) is 58.5 Å². The third kappa shape index (κ3) is 3.85. The third-order valence-corrected chi connectivity index (χ3v) is 6.04. The van der Waals surface area contributed by atoms with Crippen molar-refractivity contribution in [1.29, 1.82) is 0 Å². The van der Waals surface area contributed by atoms with Gasteiger partial charge in [-0.2, -0.15) is 8.42 Å². The zero-order valence-corrected chi connectivity index (χ0v) is 16.6. The summed E-state index contributed by atoms with van der Waals surface area (Å²) in [6.45, 7) is 7.43. The van der Waals surface area contributed by atoms with Crippen LogP contribution in [-0.4, -0.2) is 20.0 Å². The van der Waals surface area contributed by atoms with E-state index in [0.717, 1.165) is 5.56 Å². The molecule has 1 heterocycles. The number of amidine groups is 1. The van der Waals surface area contributed by atoms with Crippen molar-refractivity contribution in [2.24, 2.45) is 4.40 Å². The van der Waals surface area contributed by atoms with Crippen LogP contribution >= 0.6 is 0 Å². The lowest BCUT2D eigenvalue weighted by molar-refractivity contribution is 0.101. The number of nitrogens with one attached hydrogen (secondary N) is 1.